The lowest BCUT2D eigenvalue weighted by Gasteiger charge is -2.07. The molecule has 0 fully saturated rings. The Kier molecular flexibility index (Phi) is 6.08. The predicted octanol–water partition coefficient (Wildman–Crippen LogP) is 3.36. The van der Waals surface area contributed by atoms with Crippen molar-refractivity contribution in [3.05, 3.63) is 83.1 Å². The highest BCUT2D eigenvalue weighted by Crippen LogP contribution is 2.17. The Morgan fingerprint density at radius 2 is 1.96 bits per heavy atom. The summed E-state index contributed by atoms with van der Waals surface area (Å²) in [6, 6.07) is 16.8. The molecule has 1 amide bonds. The second-order valence-corrected chi connectivity index (χ2v) is 6.13. The van der Waals surface area contributed by atoms with Crippen molar-refractivity contribution in [2.45, 2.75) is 0 Å². The number of rotatable bonds is 7. The average molecular weight is 398 g/mol. The number of carboxylic acids is 1. The number of carbonyl (C=O) groups excluding carboxylic acids is 1. The number of hydrazone groups is 1. The molecule has 0 aliphatic carbocycles. The maximum Gasteiger partial charge on any atom is 0.335 e. The Morgan fingerprint density at radius 1 is 1.14 bits per heavy atom. The fourth-order valence-corrected chi connectivity index (χ4v) is 2.61. The van der Waals surface area contributed by atoms with Gasteiger partial charge in [-0.05, 0) is 48.5 Å². The van der Waals surface area contributed by atoms with Gasteiger partial charge >= 0.3 is 5.97 Å². The quantitative estimate of drug-likeness (QED) is 0.472. The van der Waals surface area contributed by atoms with Gasteiger partial charge in [0, 0.05) is 16.9 Å². The molecule has 142 valence electrons. The number of aromatic carboxylic acids is 1. The molecule has 0 atom stereocenters. The van der Waals surface area contributed by atoms with Gasteiger partial charge in [0.05, 0.1) is 17.5 Å². The number of benzene rings is 2. The summed E-state index contributed by atoms with van der Waals surface area (Å²) in [7, 11) is 0. The minimum Gasteiger partial charge on any atom is -0.484 e. The number of ether oxygens (including phenoxy) is 1. The van der Waals surface area contributed by atoms with Crippen LogP contribution >= 0.6 is 11.6 Å². The molecule has 0 saturated carbocycles. The van der Waals surface area contributed by atoms with Gasteiger partial charge in [-0.2, -0.15) is 5.10 Å². The summed E-state index contributed by atoms with van der Waals surface area (Å²) in [4.78, 5) is 23.0. The number of hydrogen-bond donors (Lipinski definition) is 2. The molecule has 7 nitrogen and oxygen atoms in total. The third-order valence-electron chi connectivity index (χ3n) is 3.70. The first kappa shape index (κ1) is 19.2. The highest BCUT2D eigenvalue weighted by molar-refractivity contribution is 6.30. The standard InChI is InChI=1S/C20H16ClN3O4/c21-15-5-2-8-18(11-15)28-13-19(25)23-22-12-17-7-3-9-24(17)16-6-1-4-14(10-16)20(26)27/h1-12H,13H2,(H,23,25)(H,26,27)/b22-12+. The molecule has 0 bridgehead atoms. The van der Waals surface area contributed by atoms with E-state index < -0.39 is 11.9 Å². The van der Waals surface area contributed by atoms with E-state index in [1.54, 1.807) is 65.4 Å². The molecule has 0 unspecified atom stereocenters. The average Bonchev–Trinajstić information content (AvgIpc) is 3.15. The molecule has 0 aliphatic heterocycles. The van der Waals surface area contributed by atoms with Crippen molar-refractivity contribution in [2.24, 2.45) is 5.10 Å². The SMILES string of the molecule is O=C(COc1cccc(Cl)c1)N/N=C/c1cccn1-c1cccc(C(=O)O)c1. The molecule has 3 aromatic rings. The highest BCUT2D eigenvalue weighted by atomic mass is 35.5. The van der Waals surface area contributed by atoms with Gasteiger partial charge in [0.25, 0.3) is 5.91 Å². The van der Waals surface area contributed by atoms with E-state index in [1.807, 2.05) is 0 Å². The van der Waals surface area contributed by atoms with Crippen molar-refractivity contribution in [3.63, 3.8) is 0 Å². The number of hydrogen-bond acceptors (Lipinski definition) is 4. The van der Waals surface area contributed by atoms with Crippen LogP contribution in [0.15, 0.2) is 72.0 Å². The largest absolute Gasteiger partial charge is 0.484 e. The Bertz CT molecular complexity index is 1030. The molecular weight excluding hydrogens is 382 g/mol. The molecule has 1 heterocycles. The first-order valence-corrected chi connectivity index (χ1v) is 8.62. The van der Waals surface area contributed by atoms with Crippen molar-refractivity contribution in [1.29, 1.82) is 0 Å². The molecular formula is C20H16ClN3O4. The number of amides is 1. The number of nitrogens with zero attached hydrogens (tertiary/aromatic N) is 2. The summed E-state index contributed by atoms with van der Waals surface area (Å²) in [5, 5.41) is 13.6. The van der Waals surface area contributed by atoms with E-state index in [1.165, 1.54) is 12.3 Å². The van der Waals surface area contributed by atoms with E-state index in [2.05, 4.69) is 10.5 Å². The van der Waals surface area contributed by atoms with Crippen LogP contribution in [0.3, 0.4) is 0 Å². The van der Waals surface area contributed by atoms with Gasteiger partial charge in [-0.3, -0.25) is 4.79 Å². The Hall–Kier alpha value is -3.58. The van der Waals surface area contributed by atoms with Crippen LogP contribution in [0.4, 0.5) is 0 Å². The van der Waals surface area contributed by atoms with Crippen LogP contribution in [0.5, 0.6) is 5.75 Å². The van der Waals surface area contributed by atoms with Crippen LogP contribution in [0.25, 0.3) is 5.69 Å². The van der Waals surface area contributed by atoms with E-state index in [4.69, 9.17) is 21.4 Å². The molecule has 2 aromatic carbocycles. The Labute approximate surface area is 165 Å². The number of nitrogens with one attached hydrogen (secondary N) is 1. The Morgan fingerprint density at radius 3 is 2.75 bits per heavy atom. The smallest absolute Gasteiger partial charge is 0.335 e. The topological polar surface area (TPSA) is 92.9 Å². The van der Waals surface area contributed by atoms with Crippen molar-refractivity contribution in [1.82, 2.24) is 9.99 Å². The first-order valence-electron chi connectivity index (χ1n) is 8.24. The summed E-state index contributed by atoms with van der Waals surface area (Å²) >= 11 is 5.85. The molecule has 3 rings (SSSR count). The minimum absolute atomic E-state index is 0.181. The number of aromatic nitrogens is 1. The second kappa shape index (κ2) is 8.88. The highest BCUT2D eigenvalue weighted by Gasteiger charge is 2.07. The molecule has 0 spiro atoms. The maximum absolute atomic E-state index is 11.8. The van der Waals surface area contributed by atoms with E-state index in [0.29, 0.717) is 22.2 Å². The van der Waals surface area contributed by atoms with Gasteiger partial charge < -0.3 is 14.4 Å². The number of carboxylic acid groups (broad SMARTS) is 1. The molecule has 28 heavy (non-hydrogen) atoms. The van der Waals surface area contributed by atoms with Crippen LogP contribution in [0.2, 0.25) is 5.02 Å². The zero-order chi connectivity index (χ0) is 19.9. The van der Waals surface area contributed by atoms with Crippen molar-refractivity contribution < 1.29 is 19.4 Å². The lowest BCUT2D eigenvalue weighted by molar-refractivity contribution is -0.123. The van der Waals surface area contributed by atoms with E-state index >= 15 is 0 Å². The molecule has 2 N–H and O–H groups in total. The van der Waals surface area contributed by atoms with Crippen LogP contribution in [0.1, 0.15) is 16.1 Å². The lowest BCUT2D eigenvalue weighted by Crippen LogP contribution is -2.24. The van der Waals surface area contributed by atoms with E-state index in [-0.39, 0.29) is 12.2 Å². The van der Waals surface area contributed by atoms with E-state index in [9.17, 15) is 9.59 Å². The van der Waals surface area contributed by atoms with Crippen LogP contribution in [-0.4, -0.2) is 34.4 Å². The van der Waals surface area contributed by atoms with Gasteiger partial charge in [0.15, 0.2) is 6.61 Å². The fourth-order valence-electron chi connectivity index (χ4n) is 2.43. The van der Waals surface area contributed by atoms with Gasteiger partial charge in [0.2, 0.25) is 0 Å². The first-order chi connectivity index (χ1) is 13.5. The second-order valence-electron chi connectivity index (χ2n) is 5.70. The summed E-state index contributed by atoms with van der Waals surface area (Å²) in [6.45, 7) is -0.209. The summed E-state index contributed by atoms with van der Waals surface area (Å²) in [5.74, 6) is -0.947. The van der Waals surface area contributed by atoms with Crippen molar-refractivity contribution in [3.8, 4) is 11.4 Å². The molecule has 8 heteroatoms. The van der Waals surface area contributed by atoms with Gasteiger partial charge in [-0.1, -0.05) is 23.7 Å². The maximum atomic E-state index is 11.8. The monoisotopic (exact) mass is 397 g/mol. The van der Waals surface area contributed by atoms with Crippen molar-refractivity contribution in [2.75, 3.05) is 6.61 Å². The van der Waals surface area contributed by atoms with E-state index in [0.717, 1.165) is 0 Å². The summed E-state index contributed by atoms with van der Waals surface area (Å²) in [5.41, 5.74) is 3.89. The number of carbonyl (C=O) groups is 2. The summed E-state index contributed by atoms with van der Waals surface area (Å²) in [6.07, 6.45) is 3.23. The van der Waals surface area contributed by atoms with Crippen LogP contribution < -0.4 is 10.2 Å². The molecule has 0 aliphatic rings. The third-order valence-corrected chi connectivity index (χ3v) is 3.94. The Balaban J connectivity index is 1.61. The zero-order valence-corrected chi connectivity index (χ0v) is 15.3. The van der Waals surface area contributed by atoms with Gasteiger partial charge in [-0.15, -0.1) is 0 Å². The van der Waals surface area contributed by atoms with Crippen molar-refractivity contribution >= 4 is 29.7 Å². The number of halogens is 1. The third kappa shape index (κ3) is 4.99. The van der Waals surface area contributed by atoms with Crippen LogP contribution in [0, 0.1) is 0 Å². The zero-order valence-electron chi connectivity index (χ0n) is 14.6. The molecule has 0 radical (unpaired) electrons. The molecule has 1 aromatic heterocycles. The summed E-state index contributed by atoms with van der Waals surface area (Å²) < 4.78 is 7.09. The van der Waals surface area contributed by atoms with Crippen LogP contribution in [-0.2, 0) is 4.79 Å². The van der Waals surface area contributed by atoms with Gasteiger partial charge in [-0.25, -0.2) is 10.2 Å². The fraction of sp³-hybridized carbons (Fsp3) is 0.0500. The molecule has 0 saturated heterocycles. The normalized spacial score (nSPS) is 10.8. The lowest BCUT2D eigenvalue weighted by atomic mass is 10.2. The predicted molar refractivity (Wildman–Crippen MR) is 105 cm³/mol. The minimum atomic E-state index is -1.00. The van der Waals surface area contributed by atoms with Gasteiger partial charge in [0.1, 0.15) is 5.75 Å².